The average molecular weight is 435 g/mol. The summed E-state index contributed by atoms with van der Waals surface area (Å²) in [7, 11) is 0. The molecule has 3 aliphatic rings. The minimum atomic E-state index is 0.728. The molecule has 2 unspecified atom stereocenters. The fourth-order valence-corrected chi connectivity index (χ4v) is 6.52. The molecule has 0 aliphatic heterocycles. The Labute approximate surface area is 197 Å². The standard InChI is InChI=1S/C31H46O/c1-3-5-6-25-9-15-28(16-10-25)29-17-11-26(12-18-29)23-32-31-21-19-30(20-22-31)27-13-7-24(4-2)8-14-27/h4,9,15,19-22,24-29H,2-3,5-8,10-14,16-18,23H2,1H3. The third kappa shape index (κ3) is 6.52. The smallest absolute Gasteiger partial charge is 0.119 e. The zero-order valence-corrected chi connectivity index (χ0v) is 20.5. The molecule has 176 valence electrons. The molecule has 0 N–H and O–H groups in total. The predicted molar refractivity (Wildman–Crippen MR) is 137 cm³/mol. The summed E-state index contributed by atoms with van der Waals surface area (Å²) in [6, 6.07) is 9.05. The summed E-state index contributed by atoms with van der Waals surface area (Å²) < 4.78 is 6.23. The van der Waals surface area contributed by atoms with E-state index in [-0.39, 0.29) is 0 Å². The van der Waals surface area contributed by atoms with E-state index in [1.165, 1.54) is 89.0 Å². The number of allylic oxidation sites excluding steroid dienone is 3. The van der Waals surface area contributed by atoms with E-state index in [0.29, 0.717) is 0 Å². The Hall–Kier alpha value is -1.50. The molecule has 0 saturated heterocycles. The highest BCUT2D eigenvalue weighted by Gasteiger charge is 2.28. The average Bonchev–Trinajstić information content (AvgIpc) is 2.87. The summed E-state index contributed by atoms with van der Waals surface area (Å²) in [4.78, 5) is 0. The van der Waals surface area contributed by atoms with Crippen molar-refractivity contribution in [1.29, 1.82) is 0 Å². The van der Waals surface area contributed by atoms with Crippen molar-refractivity contribution in [2.75, 3.05) is 6.61 Å². The van der Waals surface area contributed by atoms with Crippen LogP contribution in [0.2, 0.25) is 0 Å². The molecular weight excluding hydrogens is 388 g/mol. The maximum Gasteiger partial charge on any atom is 0.119 e. The highest BCUT2D eigenvalue weighted by Crippen LogP contribution is 2.40. The first-order chi connectivity index (χ1) is 15.7. The van der Waals surface area contributed by atoms with Crippen molar-refractivity contribution in [3.8, 4) is 5.75 Å². The lowest BCUT2D eigenvalue weighted by atomic mass is 9.71. The molecule has 3 aliphatic carbocycles. The van der Waals surface area contributed by atoms with Crippen molar-refractivity contribution in [3.63, 3.8) is 0 Å². The minimum absolute atomic E-state index is 0.728. The van der Waals surface area contributed by atoms with Crippen molar-refractivity contribution < 1.29 is 4.74 Å². The summed E-state index contributed by atoms with van der Waals surface area (Å²) in [6.45, 7) is 7.18. The molecule has 2 atom stereocenters. The predicted octanol–water partition coefficient (Wildman–Crippen LogP) is 9.10. The fourth-order valence-electron chi connectivity index (χ4n) is 6.52. The van der Waals surface area contributed by atoms with Gasteiger partial charge in [-0.15, -0.1) is 6.58 Å². The molecule has 1 aromatic rings. The molecule has 4 rings (SSSR count). The molecule has 0 heterocycles. The van der Waals surface area contributed by atoms with Gasteiger partial charge in [-0.3, -0.25) is 0 Å². The van der Waals surface area contributed by atoms with Crippen LogP contribution in [0, 0.1) is 29.6 Å². The molecule has 0 bridgehead atoms. The summed E-state index contributed by atoms with van der Waals surface area (Å²) in [5, 5.41) is 0. The number of benzene rings is 1. The topological polar surface area (TPSA) is 9.23 Å². The van der Waals surface area contributed by atoms with Crippen LogP contribution in [0.25, 0.3) is 0 Å². The molecule has 2 saturated carbocycles. The Bertz CT molecular complexity index is 700. The summed E-state index contributed by atoms with van der Waals surface area (Å²) in [5.41, 5.74) is 1.50. The van der Waals surface area contributed by atoms with E-state index in [1.807, 2.05) is 0 Å². The Kier molecular flexibility index (Phi) is 8.94. The molecule has 1 heteroatoms. The third-order valence-corrected chi connectivity index (χ3v) is 8.87. The van der Waals surface area contributed by atoms with Crippen LogP contribution in [0.4, 0.5) is 0 Å². The zero-order valence-electron chi connectivity index (χ0n) is 20.5. The first-order valence-corrected chi connectivity index (χ1v) is 13.8. The van der Waals surface area contributed by atoms with Gasteiger partial charge in [0.15, 0.2) is 0 Å². The molecular formula is C31H46O. The normalized spacial score (nSPS) is 33.0. The molecule has 1 nitrogen and oxygen atoms in total. The van der Waals surface area contributed by atoms with Crippen molar-refractivity contribution in [2.24, 2.45) is 29.6 Å². The van der Waals surface area contributed by atoms with Crippen LogP contribution in [0.15, 0.2) is 49.1 Å². The minimum Gasteiger partial charge on any atom is -0.493 e. The molecule has 0 amide bonds. The second-order valence-electron chi connectivity index (χ2n) is 11.0. The van der Waals surface area contributed by atoms with Gasteiger partial charge in [0.2, 0.25) is 0 Å². The van der Waals surface area contributed by atoms with E-state index in [2.05, 4.69) is 56.0 Å². The van der Waals surface area contributed by atoms with E-state index in [4.69, 9.17) is 4.74 Å². The zero-order chi connectivity index (χ0) is 22.2. The Morgan fingerprint density at radius 2 is 1.62 bits per heavy atom. The van der Waals surface area contributed by atoms with Crippen LogP contribution >= 0.6 is 0 Å². The van der Waals surface area contributed by atoms with Crippen molar-refractivity contribution in [2.45, 2.75) is 96.3 Å². The van der Waals surface area contributed by atoms with Crippen LogP contribution in [-0.2, 0) is 0 Å². The first-order valence-electron chi connectivity index (χ1n) is 13.8. The van der Waals surface area contributed by atoms with E-state index < -0.39 is 0 Å². The number of hydrogen-bond donors (Lipinski definition) is 0. The van der Waals surface area contributed by atoms with E-state index >= 15 is 0 Å². The molecule has 0 spiro atoms. The van der Waals surface area contributed by atoms with Gasteiger partial charge >= 0.3 is 0 Å². The molecule has 1 aromatic carbocycles. The van der Waals surface area contributed by atoms with Gasteiger partial charge in [0.05, 0.1) is 6.61 Å². The lowest BCUT2D eigenvalue weighted by molar-refractivity contribution is 0.158. The van der Waals surface area contributed by atoms with Crippen molar-refractivity contribution >= 4 is 0 Å². The molecule has 0 aromatic heterocycles. The lowest BCUT2D eigenvalue weighted by Crippen LogP contribution is -2.25. The highest BCUT2D eigenvalue weighted by molar-refractivity contribution is 5.29. The molecule has 2 fully saturated rings. The summed E-state index contributed by atoms with van der Waals surface area (Å²) >= 11 is 0. The van der Waals surface area contributed by atoms with Crippen LogP contribution in [0.3, 0.4) is 0 Å². The van der Waals surface area contributed by atoms with E-state index in [0.717, 1.165) is 47.9 Å². The maximum atomic E-state index is 6.23. The van der Waals surface area contributed by atoms with Gasteiger partial charge in [0.25, 0.3) is 0 Å². The van der Waals surface area contributed by atoms with Gasteiger partial charge in [-0.2, -0.15) is 0 Å². The van der Waals surface area contributed by atoms with Gasteiger partial charge in [-0.25, -0.2) is 0 Å². The number of rotatable bonds is 9. The van der Waals surface area contributed by atoms with Gasteiger partial charge in [-0.1, -0.05) is 50.1 Å². The number of unbranched alkanes of at least 4 members (excludes halogenated alkanes) is 1. The Morgan fingerprint density at radius 3 is 2.25 bits per heavy atom. The van der Waals surface area contributed by atoms with Crippen molar-refractivity contribution in [1.82, 2.24) is 0 Å². The van der Waals surface area contributed by atoms with Crippen molar-refractivity contribution in [3.05, 3.63) is 54.6 Å². The molecule has 32 heavy (non-hydrogen) atoms. The van der Waals surface area contributed by atoms with Gasteiger partial charge in [0, 0.05) is 0 Å². The number of hydrogen-bond acceptors (Lipinski definition) is 1. The number of ether oxygens (including phenoxy) is 1. The van der Waals surface area contributed by atoms with Gasteiger partial charge < -0.3 is 4.74 Å². The SMILES string of the molecule is C=CC1CCC(c2ccc(OCC3CCC(C4C=CC(CCCC)CC4)CC3)cc2)CC1. The second kappa shape index (κ2) is 12.1. The lowest BCUT2D eigenvalue weighted by Gasteiger charge is -2.35. The van der Waals surface area contributed by atoms with Crippen LogP contribution < -0.4 is 4.74 Å². The summed E-state index contributed by atoms with van der Waals surface area (Å²) in [5.74, 6) is 5.90. The van der Waals surface area contributed by atoms with E-state index in [9.17, 15) is 0 Å². The Balaban J connectivity index is 1.16. The van der Waals surface area contributed by atoms with Gasteiger partial charge in [-0.05, 0) is 124 Å². The highest BCUT2D eigenvalue weighted by atomic mass is 16.5. The largest absolute Gasteiger partial charge is 0.493 e. The molecule has 0 radical (unpaired) electrons. The quantitative estimate of drug-likeness (QED) is 0.352. The van der Waals surface area contributed by atoms with Crippen LogP contribution in [0.5, 0.6) is 5.75 Å². The van der Waals surface area contributed by atoms with Crippen LogP contribution in [0.1, 0.15) is 102 Å². The van der Waals surface area contributed by atoms with Gasteiger partial charge in [0.1, 0.15) is 5.75 Å². The second-order valence-corrected chi connectivity index (χ2v) is 11.0. The first kappa shape index (κ1) is 23.7. The fraction of sp³-hybridized carbons (Fsp3) is 0.677. The maximum absolute atomic E-state index is 6.23. The summed E-state index contributed by atoms with van der Waals surface area (Å²) in [6.07, 6.45) is 25.0. The monoisotopic (exact) mass is 434 g/mol. The van der Waals surface area contributed by atoms with Crippen LogP contribution in [-0.4, -0.2) is 6.61 Å². The van der Waals surface area contributed by atoms with E-state index in [1.54, 1.807) is 0 Å². The Morgan fingerprint density at radius 1 is 0.875 bits per heavy atom. The third-order valence-electron chi connectivity index (χ3n) is 8.87.